The summed E-state index contributed by atoms with van der Waals surface area (Å²) < 4.78 is 74.3. The van der Waals surface area contributed by atoms with Gasteiger partial charge in [0.2, 0.25) is 6.20 Å². The molecule has 4 rings (SSSR count). The van der Waals surface area contributed by atoms with Gasteiger partial charge in [-0.2, -0.15) is 18.2 Å². The van der Waals surface area contributed by atoms with Gasteiger partial charge in [0, 0.05) is 23.9 Å². The zero-order valence-electron chi connectivity index (χ0n) is 25.7. The average Bonchev–Trinajstić information content (AvgIpc) is 3.58. The van der Waals surface area contributed by atoms with E-state index in [1.165, 1.54) is 25.4 Å². The first-order valence-corrected chi connectivity index (χ1v) is 16.3. The van der Waals surface area contributed by atoms with Crippen LogP contribution in [-0.4, -0.2) is 81.0 Å². The normalized spacial score (nSPS) is 16.8. The van der Waals surface area contributed by atoms with Crippen molar-refractivity contribution in [1.82, 2.24) is 14.7 Å². The Bertz CT molecular complexity index is 1840. The van der Waals surface area contributed by atoms with E-state index in [1.807, 2.05) is 0 Å². The fraction of sp³-hybridized carbons (Fsp3) is 0.407. The van der Waals surface area contributed by atoms with Crippen molar-refractivity contribution in [3.8, 4) is 16.9 Å². The lowest BCUT2D eigenvalue weighted by molar-refractivity contribution is -0.753. The summed E-state index contributed by atoms with van der Waals surface area (Å²) in [5.41, 5.74) is 9.12. The number of hydrogen-bond acceptors (Lipinski definition) is 13. The number of Topliss-reactive ketones (excluding diaryl/α,β-unsaturated/α-hetero) is 1. The van der Waals surface area contributed by atoms with E-state index < -0.39 is 76.0 Å². The third kappa shape index (κ3) is 8.10. The predicted octanol–water partition coefficient (Wildman–Crippen LogP) is 0.829. The molecular formula is C27H32F2N7O10S2+. The quantitative estimate of drug-likeness (QED) is 0.0529. The van der Waals surface area contributed by atoms with Crippen LogP contribution in [0.1, 0.15) is 32.4 Å². The maximum atomic E-state index is 15.1. The molecule has 1 amide bonds. The molecule has 1 aliphatic heterocycles. The van der Waals surface area contributed by atoms with Gasteiger partial charge in [0.05, 0.1) is 35.3 Å². The van der Waals surface area contributed by atoms with Gasteiger partial charge in [0.25, 0.3) is 12.0 Å². The minimum atomic E-state index is -5.03. The number of hydroxylamine groups is 2. The number of carboxylic acids is 1. The highest BCUT2D eigenvalue weighted by Crippen LogP contribution is 2.40. The molecule has 1 fully saturated rings. The van der Waals surface area contributed by atoms with E-state index in [1.54, 1.807) is 22.6 Å². The second-order valence-corrected chi connectivity index (χ2v) is 13.0. The number of carboxylic acid groups (broad SMARTS) is 1. The smallest absolute Gasteiger partial charge is 0.418 e. The van der Waals surface area contributed by atoms with Gasteiger partial charge < -0.3 is 26.1 Å². The zero-order chi connectivity index (χ0) is 35.6. The van der Waals surface area contributed by atoms with Crippen molar-refractivity contribution in [2.24, 2.45) is 23.9 Å². The molecule has 3 aromatic rings. The number of thiazole rings is 1. The number of β-lactam (4-membered cyclic amide) rings is 1. The van der Waals surface area contributed by atoms with Gasteiger partial charge in [-0.05, 0) is 26.8 Å². The lowest BCUT2D eigenvalue weighted by atomic mass is 9.74. The highest BCUT2D eigenvalue weighted by atomic mass is 32.3. The number of benzene rings is 1. The van der Waals surface area contributed by atoms with E-state index in [9.17, 15) is 27.9 Å². The molecule has 3 heterocycles. The molecule has 0 spiro atoms. The van der Waals surface area contributed by atoms with Crippen molar-refractivity contribution in [3.05, 3.63) is 47.2 Å². The number of aryl methyl sites for hydroxylation is 2. The molecule has 1 aromatic carbocycles. The van der Waals surface area contributed by atoms with Gasteiger partial charge in [-0.3, -0.25) is 14.1 Å². The Hall–Kier alpha value is -4.57. The largest absolute Gasteiger partial charge is 0.489 e. The standard InChI is InChI=1S/C27H31F2N7O10S2/c1-27(2)16(24(38)36(27)46-48(41,42)43)9-20(37)23(19-13-47-26(31)32-19)33-45-21(25(39)40)12-44-15-7-17(28)22(18(29)8-15)14-10-34(3)35(11-14)6-4-5-30/h7-8,10-11,13,16,21H,4-6,9,12,30H2,1-3H3,(H3-,31,32,39,40,41,42,43)/p+1/b33-23-/t16-,21+/m1/s1. The molecule has 0 saturated carbocycles. The number of nitrogens with zero attached hydrogens (tertiary/aromatic N) is 5. The molecule has 0 radical (unpaired) electrons. The van der Waals surface area contributed by atoms with Crippen molar-refractivity contribution >= 4 is 50.2 Å². The molecule has 0 unspecified atom stereocenters. The Labute approximate surface area is 276 Å². The zero-order valence-corrected chi connectivity index (χ0v) is 27.3. The Morgan fingerprint density at radius 1 is 1.27 bits per heavy atom. The molecule has 0 aliphatic carbocycles. The summed E-state index contributed by atoms with van der Waals surface area (Å²) in [5, 5.41) is 15.1. The molecular weight excluding hydrogens is 684 g/mol. The molecule has 17 nitrogen and oxygen atoms in total. The third-order valence-corrected chi connectivity index (χ3v) is 8.34. The lowest BCUT2D eigenvalue weighted by Gasteiger charge is -2.50. The second-order valence-electron chi connectivity index (χ2n) is 11.1. The highest BCUT2D eigenvalue weighted by Gasteiger charge is 2.57. The first kappa shape index (κ1) is 36.3. The fourth-order valence-corrected chi connectivity index (χ4v) is 5.80. The first-order chi connectivity index (χ1) is 22.4. The van der Waals surface area contributed by atoms with Crippen LogP contribution in [-0.2, 0) is 47.5 Å². The monoisotopic (exact) mass is 716 g/mol. The van der Waals surface area contributed by atoms with Crippen LogP contribution >= 0.6 is 11.3 Å². The van der Waals surface area contributed by atoms with Crippen LogP contribution in [0.2, 0.25) is 0 Å². The van der Waals surface area contributed by atoms with Crippen LogP contribution < -0.4 is 20.9 Å². The Balaban J connectivity index is 1.50. The van der Waals surface area contributed by atoms with E-state index in [2.05, 4.69) is 14.4 Å². The van der Waals surface area contributed by atoms with Crippen LogP contribution in [0.25, 0.3) is 11.1 Å². The SMILES string of the molecule is C[n+]1cc(-c2c(F)cc(OC[C@H](O/N=C(\C(=O)C[C@@H]3C(=O)N(OS(=O)(=O)O)C3(C)C)c3csc(N)n3)C(=O)O)cc2F)cn1CCCN. The van der Waals surface area contributed by atoms with Crippen LogP contribution in [0.15, 0.2) is 35.1 Å². The summed E-state index contributed by atoms with van der Waals surface area (Å²) in [7, 11) is -3.33. The number of ether oxygens (including phenoxy) is 1. The number of hydrogen-bond donors (Lipinski definition) is 4. The van der Waals surface area contributed by atoms with Crippen LogP contribution in [0, 0.1) is 17.6 Å². The number of aliphatic carboxylic acids is 1. The number of halogens is 2. The number of amides is 1. The lowest BCUT2D eigenvalue weighted by Crippen LogP contribution is -2.68. The molecule has 2 aromatic heterocycles. The molecule has 1 saturated heterocycles. The molecule has 1 aliphatic rings. The van der Waals surface area contributed by atoms with Crippen molar-refractivity contribution in [2.75, 3.05) is 18.9 Å². The summed E-state index contributed by atoms with van der Waals surface area (Å²) >= 11 is 0.920. The minimum Gasteiger partial charge on any atom is -0.489 e. The molecule has 21 heteroatoms. The Morgan fingerprint density at radius 3 is 2.48 bits per heavy atom. The molecule has 0 bridgehead atoms. The van der Waals surface area contributed by atoms with E-state index in [4.69, 9.17) is 25.6 Å². The number of carbonyl (C=O) groups is 3. The molecule has 260 valence electrons. The number of anilines is 1. The molecule has 6 N–H and O–H groups in total. The Morgan fingerprint density at radius 2 is 1.94 bits per heavy atom. The number of nitrogen functional groups attached to an aromatic ring is 1. The van der Waals surface area contributed by atoms with Crippen LogP contribution in [0.4, 0.5) is 13.9 Å². The Kier molecular flexibility index (Phi) is 10.8. The predicted molar refractivity (Wildman–Crippen MR) is 162 cm³/mol. The first-order valence-electron chi connectivity index (χ1n) is 14.0. The number of ketones is 1. The average molecular weight is 717 g/mol. The third-order valence-electron chi connectivity index (χ3n) is 7.32. The van der Waals surface area contributed by atoms with Gasteiger partial charge >= 0.3 is 16.4 Å². The van der Waals surface area contributed by atoms with Gasteiger partial charge in [-0.25, -0.2) is 18.6 Å². The topological polar surface area (TPSA) is 243 Å². The van der Waals surface area contributed by atoms with Crippen molar-refractivity contribution < 1.29 is 59.8 Å². The van der Waals surface area contributed by atoms with Crippen molar-refractivity contribution in [1.29, 1.82) is 0 Å². The van der Waals surface area contributed by atoms with Gasteiger partial charge in [0.1, 0.15) is 29.7 Å². The molecule has 48 heavy (non-hydrogen) atoms. The number of oxime groups is 1. The summed E-state index contributed by atoms with van der Waals surface area (Å²) in [6.45, 7) is 2.91. The number of carbonyl (C=O) groups excluding carboxylic acids is 2. The number of nitrogens with two attached hydrogens (primary N) is 2. The fourth-order valence-electron chi connectivity index (χ4n) is 4.80. The van der Waals surface area contributed by atoms with E-state index in [-0.39, 0.29) is 27.7 Å². The van der Waals surface area contributed by atoms with E-state index >= 15 is 8.78 Å². The van der Waals surface area contributed by atoms with Crippen molar-refractivity contribution in [2.45, 2.75) is 44.9 Å². The summed E-state index contributed by atoms with van der Waals surface area (Å²) in [5.74, 6) is -6.87. The van der Waals surface area contributed by atoms with Crippen LogP contribution in [0.3, 0.4) is 0 Å². The minimum absolute atomic E-state index is 0.0183. The van der Waals surface area contributed by atoms with Gasteiger partial charge in [-0.15, -0.1) is 20.3 Å². The molecule has 2 atom stereocenters. The number of aromatic nitrogens is 3. The second kappa shape index (κ2) is 14.3. The highest BCUT2D eigenvalue weighted by molar-refractivity contribution is 7.80. The van der Waals surface area contributed by atoms with E-state index in [0.29, 0.717) is 24.6 Å². The maximum absolute atomic E-state index is 15.1. The van der Waals surface area contributed by atoms with Crippen LogP contribution in [0.5, 0.6) is 5.75 Å². The summed E-state index contributed by atoms with van der Waals surface area (Å²) in [6.07, 6.45) is 1.26. The van der Waals surface area contributed by atoms with Crippen molar-refractivity contribution in [3.63, 3.8) is 0 Å². The summed E-state index contributed by atoms with van der Waals surface area (Å²) in [6, 6.07) is 1.74. The maximum Gasteiger partial charge on any atom is 0.418 e. The van der Waals surface area contributed by atoms with Gasteiger partial charge in [0.15, 0.2) is 23.7 Å². The van der Waals surface area contributed by atoms with Gasteiger partial charge in [-0.1, -0.05) is 5.16 Å². The summed E-state index contributed by atoms with van der Waals surface area (Å²) in [4.78, 5) is 46.9. The van der Waals surface area contributed by atoms with E-state index in [0.717, 1.165) is 23.5 Å². The number of rotatable bonds is 16.